The van der Waals surface area contributed by atoms with E-state index in [0.717, 1.165) is 11.3 Å². The predicted molar refractivity (Wildman–Crippen MR) is 124 cm³/mol. The Balaban J connectivity index is 1.60. The maximum atomic E-state index is 14.5. The summed E-state index contributed by atoms with van der Waals surface area (Å²) >= 11 is 0. The van der Waals surface area contributed by atoms with Crippen molar-refractivity contribution in [3.63, 3.8) is 0 Å². The Kier molecular flexibility index (Phi) is 5.60. The molecular weight excluding hydrogens is 443 g/mol. The largest absolute Gasteiger partial charge is 0.497 e. The third kappa shape index (κ3) is 3.68. The number of methoxy groups -OCH3 is 1. The van der Waals surface area contributed by atoms with Crippen LogP contribution in [0.3, 0.4) is 0 Å². The lowest BCUT2D eigenvalue weighted by atomic mass is 9.82. The van der Waals surface area contributed by atoms with E-state index < -0.39 is 16.1 Å². The van der Waals surface area contributed by atoms with Crippen molar-refractivity contribution in [1.82, 2.24) is 4.31 Å². The maximum absolute atomic E-state index is 14.5. The molecule has 2 aliphatic heterocycles. The SMILES string of the molecule is COc1ccc(S(=O)(=O)N2CC[C@@H]3[C@@H](CO)Nc4ccc(-c5ccccc5F)cc4[C@@H]32)cc1. The van der Waals surface area contributed by atoms with Gasteiger partial charge in [0.05, 0.1) is 30.7 Å². The summed E-state index contributed by atoms with van der Waals surface area (Å²) < 4.78 is 48.4. The number of hydrogen-bond acceptors (Lipinski definition) is 5. The molecule has 8 heteroatoms. The fraction of sp³-hybridized carbons (Fsp3) is 0.280. The van der Waals surface area contributed by atoms with E-state index >= 15 is 0 Å². The second-order valence-corrected chi connectivity index (χ2v) is 10.3. The summed E-state index contributed by atoms with van der Waals surface area (Å²) in [6.07, 6.45) is 0.613. The zero-order chi connectivity index (χ0) is 23.2. The molecule has 2 aliphatic rings. The number of nitrogens with zero attached hydrogens (tertiary/aromatic N) is 1. The Morgan fingerprint density at radius 2 is 1.88 bits per heavy atom. The molecule has 33 heavy (non-hydrogen) atoms. The van der Waals surface area contributed by atoms with Crippen LogP contribution in [0.1, 0.15) is 18.0 Å². The summed E-state index contributed by atoms with van der Waals surface area (Å²) in [6, 6.07) is 17.7. The van der Waals surface area contributed by atoms with E-state index in [-0.39, 0.29) is 29.3 Å². The topological polar surface area (TPSA) is 78.9 Å². The number of benzene rings is 3. The number of halogens is 1. The van der Waals surface area contributed by atoms with Gasteiger partial charge < -0.3 is 15.2 Å². The van der Waals surface area contributed by atoms with Crippen molar-refractivity contribution in [2.24, 2.45) is 5.92 Å². The van der Waals surface area contributed by atoms with Gasteiger partial charge in [-0.15, -0.1) is 0 Å². The summed E-state index contributed by atoms with van der Waals surface area (Å²) in [4.78, 5) is 0.190. The van der Waals surface area contributed by atoms with Crippen LogP contribution in [0.4, 0.5) is 10.1 Å². The molecule has 1 fully saturated rings. The number of nitrogens with one attached hydrogen (secondary N) is 1. The minimum atomic E-state index is -3.80. The first-order chi connectivity index (χ1) is 15.9. The highest BCUT2D eigenvalue weighted by Gasteiger charge is 2.48. The van der Waals surface area contributed by atoms with Crippen molar-refractivity contribution in [2.45, 2.75) is 23.4 Å². The average molecular weight is 469 g/mol. The second-order valence-electron chi connectivity index (χ2n) is 8.40. The number of fused-ring (bicyclic) bond motifs is 3. The molecule has 0 saturated carbocycles. The molecule has 3 aromatic carbocycles. The Bertz CT molecular complexity index is 1280. The molecule has 172 valence electrons. The first-order valence-corrected chi connectivity index (χ1v) is 12.3. The normalized spacial score (nSPS) is 22.3. The molecule has 2 N–H and O–H groups in total. The lowest BCUT2D eigenvalue weighted by Gasteiger charge is -2.39. The summed E-state index contributed by atoms with van der Waals surface area (Å²) in [5.74, 6) is 0.141. The highest BCUT2D eigenvalue weighted by atomic mass is 32.2. The smallest absolute Gasteiger partial charge is 0.243 e. The lowest BCUT2D eigenvalue weighted by Crippen LogP contribution is -2.42. The first kappa shape index (κ1) is 21.9. The molecule has 5 rings (SSSR count). The number of anilines is 1. The third-order valence-electron chi connectivity index (χ3n) is 6.67. The van der Waals surface area contributed by atoms with E-state index in [0.29, 0.717) is 29.8 Å². The van der Waals surface area contributed by atoms with Crippen LogP contribution in [0.15, 0.2) is 71.6 Å². The van der Waals surface area contributed by atoms with Crippen LogP contribution in [0, 0.1) is 11.7 Å². The van der Waals surface area contributed by atoms with Gasteiger partial charge >= 0.3 is 0 Å². The summed E-state index contributed by atoms with van der Waals surface area (Å²) in [5, 5.41) is 13.4. The van der Waals surface area contributed by atoms with Crippen molar-refractivity contribution < 1.29 is 22.7 Å². The summed E-state index contributed by atoms with van der Waals surface area (Å²) in [5.41, 5.74) is 2.69. The minimum absolute atomic E-state index is 0.105. The Morgan fingerprint density at radius 3 is 2.58 bits per heavy atom. The van der Waals surface area contributed by atoms with Crippen molar-refractivity contribution in [1.29, 1.82) is 0 Å². The van der Waals surface area contributed by atoms with E-state index in [1.807, 2.05) is 18.2 Å². The number of aliphatic hydroxyl groups is 1. The van der Waals surface area contributed by atoms with Crippen LogP contribution < -0.4 is 10.1 Å². The number of aliphatic hydroxyl groups excluding tert-OH is 1. The molecule has 3 aromatic rings. The number of hydrogen-bond donors (Lipinski definition) is 2. The lowest BCUT2D eigenvalue weighted by molar-refractivity contribution is 0.210. The van der Waals surface area contributed by atoms with Crippen molar-refractivity contribution in [3.8, 4) is 16.9 Å². The highest BCUT2D eigenvalue weighted by molar-refractivity contribution is 7.89. The zero-order valence-corrected chi connectivity index (χ0v) is 18.9. The van der Waals surface area contributed by atoms with E-state index in [9.17, 15) is 17.9 Å². The summed E-state index contributed by atoms with van der Waals surface area (Å²) in [7, 11) is -2.27. The molecule has 3 atom stereocenters. The molecule has 0 aliphatic carbocycles. The number of sulfonamides is 1. The predicted octanol–water partition coefficient (Wildman–Crippen LogP) is 4.04. The van der Waals surface area contributed by atoms with Gasteiger partial charge in [0.1, 0.15) is 11.6 Å². The Labute approximate surface area is 192 Å². The van der Waals surface area contributed by atoms with E-state index in [4.69, 9.17) is 4.74 Å². The van der Waals surface area contributed by atoms with Crippen molar-refractivity contribution in [2.75, 3.05) is 25.6 Å². The van der Waals surface area contributed by atoms with Gasteiger partial charge in [0.15, 0.2) is 0 Å². The van der Waals surface area contributed by atoms with Crippen LogP contribution in [-0.2, 0) is 10.0 Å². The molecule has 0 unspecified atom stereocenters. The number of ether oxygens (including phenoxy) is 1. The van der Waals surface area contributed by atoms with Crippen LogP contribution in [-0.4, -0.2) is 44.1 Å². The highest BCUT2D eigenvalue weighted by Crippen LogP contribution is 2.49. The molecule has 0 bridgehead atoms. The van der Waals surface area contributed by atoms with Gasteiger partial charge in [-0.2, -0.15) is 4.31 Å². The van der Waals surface area contributed by atoms with Crippen LogP contribution >= 0.6 is 0 Å². The van der Waals surface area contributed by atoms with Crippen molar-refractivity contribution in [3.05, 3.63) is 78.1 Å². The third-order valence-corrected chi connectivity index (χ3v) is 8.57. The molecular formula is C25H25FN2O4S. The number of rotatable bonds is 5. The van der Waals surface area contributed by atoms with Gasteiger partial charge in [0, 0.05) is 23.7 Å². The van der Waals surface area contributed by atoms with Gasteiger partial charge in [-0.05, 0) is 60.0 Å². The van der Waals surface area contributed by atoms with Gasteiger partial charge in [-0.1, -0.05) is 24.3 Å². The van der Waals surface area contributed by atoms with Crippen LogP contribution in [0.25, 0.3) is 11.1 Å². The van der Waals surface area contributed by atoms with Gasteiger partial charge in [0.2, 0.25) is 10.0 Å². The fourth-order valence-corrected chi connectivity index (χ4v) is 6.70. The molecule has 0 radical (unpaired) electrons. The van der Waals surface area contributed by atoms with Crippen molar-refractivity contribution >= 4 is 15.7 Å². The molecule has 6 nitrogen and oxygen atoms in total. The van der Waals surface area contributed by atoms with Crippen LogP contribution in [0.5, 0.6) is 5.75 Å². The molecule has 1 saturated heterocycles. The monoisotopic (exact) mass is 468 g/mol. The average Bonchev–Trinajstić information content (AvgIpc) is 3.30. The minimum Gasteiger partial charge on any atom is -0.497 e. The quantitative estimate of drug-likeness (QED) is 0.591. The second kappa shape index (κ2) is 8.44. The van der Waals surface area contributed by atoms with E-state index in [2.05, 4.69) is 5.32 Å². The van der Waals surface area contributed by atoms with Crippen LogP contribution in [0.2, 0.25) is 0 Å². The van der Waals surface area contributed by atoms with Gasteiger partial charge in [-0.3, -0.25) is 0 Å². The Morgan fingerprint density at radius 1 is 1.12 bits per heavy atom. The molecule has 0 aromatic heterocycles. The zero-order valence-electron chi connectivity index (χ0n) is 18.1. The fourth-order valence-electron chi connectivity index (χ4n) is 5.04. The Hall–Kier alpha value is -2.94. The standard InChI is InChI=1S/C25H25FN2O4S/c1-32-17-7-9-18(10-8-17)33(30,31)28-13-12-20-24(15-29)27-23-11-6-16(14-21(23)25(20)28)19-4-2-3-5-22(19)26/h2-11,14,20,24-25,27,29H,12-13,15H2,1H3/t20-,24-,25-/m1/s1. The van der Waals surface area contributed by atoms with Gasteiger partial charge in [-0.25, -0.2) is 12.8 Å². The summed E-state index contributed by atoms with van der Waals surface area (Å²) in [6.45, 7) is 0.233. The molecule has 2 heterocycles. The maximum Gasteiger partial charge on any atom is 0.243 e. The first-order valence-electron chi connectivity index (χ1n) is 10.9. The molecule has 0 spiro atoms. The van der Waals surface area contributed by atoms with Gasteiger partial charge in [0.25, 0.3) is 0 Å². The molecule has 0 amide bonds. The van der Waals surface area contributed by atoms with E-state index in [1.54, 1.807) is 42.5 Å². The van der Waals surface area contributed by atoms with E-state index in [1.165, 1.54) is 17.5 Å².